The molecule has 1 amide bonds. The number of hydrogen-bond donors (Lipinski definition) is 0. The van der Waals surface area contributed by atoms with Crippen molar-refractivity contribution < 1.29 is 19.0 Å². The van der Waals surface area contributed by atoms with Crippen LogP contribution in [0.15, 0.2) is 0 Å². The van der Waals surface area contributed by atoms with E-state index in [0.29, 0.717) is 13.2 Å². The van der Waals surface area contributed by atoms with Crippen molar-refractivity contribution in [3.63, 3.8) is 0 Å². The van der Waals surface area contributed by atoms with Crippen molar-refractivity contribution in [1.29, 1.82) is 0 Å². The highest BCUT2D eigenvalue weighted by molar-refractivity contribution is 5.70. The van der Waals surface area contributed by atoms with E-state index in [9.17, 15) is 4.79 Å². The second-order valence-electron chi connectivity index (χ2n) is 6.35. The molecule has 0 spiro atoms. The first kappa shape index (κ1) is 16.2. The Balaban J connectivity index is 2.87. The summed E-state index contributed by atoms with van der Waals surface area (Å²) in [6, 6.07) is -0.121. The molecule has 0 radical (unpaired) electrons. The molecule has 0 saturated carbocycles. The predicted molar refractivity (Wildman–Crippen MR) is 73.0 cm³/mol. The Morgan fingerprint density at radius 2 is 1.95 bits per heavy atom. The van der Waals surface area contributed by atoms with E-state index in [2.05, 4.69) is 0 Å². The summed E-state index contributed by atoms with van der Waals surface area (Å²) in [5.41, 5.74) is -1.20. The second-order valence-corrected chi connectivity index (χ2v) is 6.35. The number of ether oxygens (including phenoxy) is 3. The summed E-state index contributed by atoms with van der Waals surface area (Å²) >= 11 is 0. The number of nitrogens with zero attached hydrogens (tertiary/aromatic N) is 1. The molecule has 0 aliphatic carbocycles. The largest absolute Gasteiger partial charge is 0.444 e. The normalized spacial score (nSPS) is 26.6. The Labute approximate surface area is 116 Å². The third-order valence-electron chi connectivity index (χ3n) is 3.01. The number of hydrogen-bond acceptors (Lipinski definition) is 4. The van der Waals surface area contributed by atoms with Crippen LogP contribution in [0.2, 0.25) is 0 Å². The number of carbonyl (C=O) groups excluding carboxylic acids is 1. The Morgan fingerprint density at radius 3 is 2.42 bits per heavy atom. The van der Waals surface area contributed by atoms with E-state index in [1.807, 2.05) is 48.5 Å². The van der Waals surface area contributed by atoms with Crippen molar-refractivity contribution in [1.82, 2.24) is 4.90 Å². The van der Waals surface area contributed by atoms with Crippen LogP contribution in [0.1, 0.15) is 48.5 Å². The first-order chi connectivity index (χ1) is 8.58. The lowest BCUT2D eigenvalue weighted by Gasteiger charge is -2.35. The topological polar surface area (TPSA) is 48.0 Å². The maximum atomic E-state index is 12.4. The lowest BCUT2D eigenvalue weighted by Crippen LogP contribution is -2.51. The van der Waals surface area contributed by atoms with Gasteiger partial charge in [0, 0.05) is 6.61 Å². The highest BCUT2D eigenvalue weighted by Crippen LogP contribution is 2.33. The fraction of sp³-hybridized carbons (Fsp3) is 0.929. The van der Waals surface area contributed by atoms with Gasteiger partial charge < -0.3 is 14.2 Å². The molecule has 2 unspecified atom stereocenters. The average molecular weight is 273 g/mol. The van der Waals surface area contributed by atoms with Gasteiger partial charge >= 0.3 is 6.09 Å². The van der Waals surface area contributed by atoms with E-state index in [-0.39, 0.29) is 18.2 Å². The summed E-state index contributed by atoms with van der Waals surface area (Å²) < 4.78 is 16.8. The van der Waals surface area contributed by atoms with Crippen LogP contribution in [0.25, 0.3) is 0 Å². The van der Waals surface area contributed by atoms with E-state index in [0.717, 1.165) is 0 Å². The standard InChI is InChI=1S/C14H27NO4/c1-8-17-9-11-10(2)18-14(6,7)15(11)12(16)19-13(3,4)5/h10-11H,8-9H2,1-7H3. The van der Waals surface area contributed by atoms with E-state index in [1.54, 1.807) is 4.90 Å². The van der Waals surface area contributed by atoms with Crippen LogP contribution >= 0.6 is 0 Å². The van der Waals surface area contributed by atoms with Gasteiger partial charge in [0.2, 0.25) is 0 Å². The average Bonchev–Trinajstić information content (AvgIpc) is 2.42. The third kappa shape index (κ3) is 4.08. The highest BCUT2D eigenvalue weighted by Gasteiger charge is 2.49. The van der Waals surface area contributed by atoms with Crippen molar-refractivity contribution >= 4 is 6.09 Å². The van der Waals surface area contributed by atoms with E-state index >= 15 is 0 Å². The van der Waals surface area contributed by atoms with Crippen molar-refractivity contribution in [2.45, 2.75) is 71.9 Å². The summed E-state index contributed by atoms with van der Waals surface area (Å²) in [7, 11) is 0. The lowest BCUT2D eigenvalue weighted by molar-refractivity contribution is -0.0766. The first-order valence-electron chi connectivity index (χ1n) is 6.86. The Kier molecular flexibility index (Phi) is 4.85. The molecule has 0 aromatic carbocycles. The summed E-state index contributed by atoms with van der Waals surface area (Å²) in [5.74, 6) is 0. The summed E-state index contributed by atoms with van der Waals surface area (Å²) in [6.07, 6.45) is -0.430. The van der Waals surface area contributed by atoms with Gasteiger partial charge in [-0.2, -0.15) is 0 Å². The maximum absolute atomic E-state index is 12.4. The van der Waals surface area contributed by atoms with Gasteiger partial charge in [0.15, 0.2) is 0 Å². The van der Waals surface area contributed by atoms with Crippen LogP contribution in [0.5, 0.6) is 0 Å². The van der Waals surface area contributed by atoms with Crippen LogP contribution in [0.3, 0.4) is 0 Å². The van der Waals surface area contributed by atoms with E-state index in [4.69, 9.17) is 14.2 Å². The van der Waals surface area contributed by atoms with Crippen LogP contribution in [0, 0.1) is 0 Å². The summed E-state index contributed by atoms with van der Waals surface area (Å²) in [6.45, 7) is 14.3. The Hall–Kier alpha value is -0.810. The molecule has 2 atom stereocenters. The zero-order chi connectivity index (χ0) is 14.8. The van der Waals surface area contributed by atoms with Gasteiger partial charge in [-0.3, -0.25) is 4.90 Å². The Bertz CT molecular complexity index is 322. The summed E-state index contributed by atoms with van der Waals surface area (Å²) in [4.78, 5) is 14.0. The van der Waals surface area contributed by atoms with Crippen LogP contribution < -0.4 is 0 Å². The molecule has 19 heavy (non-hydrogen) atoms. The quantitative estimate of drug-likeness (QED) is 0.793. The minimum absolute atomic E-state index is 0.0749. The number of carbonyl (C=O) groups is 1. The van der Waals surface area contributed by atoms with E-state index in [1.165, 1.54) is 0 Å². The fourth-order valence-corrected chi connectivity index (χ4v) is 2.31. The van der Waals surface area contributed by atoms with Gasteiger partial charge in [0.1, 0.15) is 11.3 Å². The van der Waals surface area contributed by atoms with Crippen molar-refractivity contribution in [2.24, 2.45) is 0 Å². The monoisotopic (exact) mass is 273 g/mol. The molecule has 5 nitrogen and oxygen atoms in total. The molecule has 0 N–H and O–H groups in total. The van der Waals surface area contributed by atoms with Gasteiger partial charge in [-0.15, -0.1) is 0 Å². The summed E-state index contributed by atoms with van der Waals surface area (Å²) in [5, 5.41) is 0. The fourth-order valence-electron chi connectivity index (χ4n) is 2.31. The minimum Gasteiger partial charge on any atom is -0.444 e. The van der Waals surface area contributed by atoms with E-state index < -0.39 is 11.3 Å². The zero-order valence-corrected chi connectivity index (χ0v) is 13.1. The van der Waals surface area contributed by atoms with Gasteiger partial charge in [-0.25, -0.2) is 4.79 Å². The molecule has 0 aromatic heterocycles. The van der Waals surface area contributed by atoms with Crippen LogP contribution in [-0.4, -0.2) is 47.7 Å². The van der Waals surface area contributed by atoms with Crippen molar-refractivity contribution in [3.8, 4) is 0 Å². The van der Waals surface area contributed by atoms with Crippen molar-refractivity contribution in [3.05, 3.63) is 0 Å². The smallest absolute Gasteiger partial charge is 0.412 e. The predicted octanol–water partition coefficient (Wildman–Crippen LogP) is 2.78. The number of rotatable bonds is 3. The minimum atomic E-state index is -0.677. The second kappa shape index (κ2) is 5.67. The molecule has 0 bridgehead atoms. The maximum Gasteiger partial charge on any atom is 0.412 e. The van der Waals surface area contributed by atoms with Gasteiger partial charge in [0.25, 0.3) is 0 Å². The van der Waals surface area contributed by atoms with Gasteiger partial charge in [0.05, 0.1) is 18.8 Å². The highest BCUT2D eigenvalue weighted by atomic mass is 16.6. The molecule has 1 heterocycles. The van der Waals surface area contributed by atoms with Gasteiger partial charge in [-0.05, 0) is 48.5 Å². The SMILES string of the molecule is CCOCC1C(C)OC(C)(C)N1C(=O)OC(C)(C)C. The first-order valence-corrected chi connectivity index (χ1v) is 6.86. The molecule has 1 aliphatic rings. The van der Waals surface area contributed by atoms with Crippen molar-refractivity contribution in [2.75, 3.05) is 13.2 Å². The van der Waals surface area contributed by atoms with Gasteiger partial charge in [-0.1, -0.05) is 0 Å². The molecular weight excluding hydrogens is 246 g/mol. The Morgan fingerprint density at radius 1 is 1.37 bits per heavy atom. The van der Waals surface area contributed by atoms with Crippen LogP contribution in [-0.2, 0) is 14.2 Å². The number of amides is 1. The molecule has 1 aliphatic heterocycles. The molecule has 1 rings (SSSR count). The molecule has 1 fully saturated rings. The third-order valence-corrected chi connectivity index (χ3v) is 3.01. The molecule has 1 saturated heterocycles. The lowest BCUT2D eigenvalue weighted by atomic mass is 10.1. The molecule has 0 aromatic rings. The molecule has 5 heteroatoms. The molecular formula is C14H27NO4. The zero-order valence-electron chi connectivity index (χ0n) is 13.1. The van der Waals surface area contributed by atoms with Crippen LogP contribution in [0.4, 0.5) is 4.79 Å². The molecule has 112 valence electrons.